The molecule has 12 heteroatoms. The molecule has 0 aliphatic carbocycles. The van der Waals surface area contributed by atoms with Crippen LogP contribution in [0.2, 0.25) is 1.41 Å². The lowest BCUT2D eigenvalue weighted by Crippen LogP contribution is -2.17. The highest BCUT2D eigenvalue weighted by Gasteiger charge is 2.26. The quantitative estimate of drug-likeness (QED) is 0.274. The first-order valence-corrected chi connectivity index (χ1v) is 12.7. The smallest absolute Gasteiger partial charge is 0.263 e. The van der Waals surface area contributed by atoms with Gasteiger partial charge in [-0.15, -0.1) is 0 Å². The van der Waals surface area contributed by atoms with E-state index in [0.29, 0.717) is 0 Å². The van der Waals surface area contributed by atoms with E-state index in [1.807, 2.05) is 20.8 Å². The molecule has 2 heterocycles. The average molecular weight is 561 g/mol. The van der Waals surface area contributed by atoms with Gasteiger partial charge in [-0.2, -0.15) is 4.98 Å². The Morgan fingerprint density at radius 1 is 1.03 bits per heavy atom. The molecular weight excluding hydrogens is 522 g/mol. The zero-order valence-corrected chi connectivity index (χ0v) is 21.8. The standard InChI is InChI=1S/C27H29N5O6S/c1-27(2,3)18-10-12-19(13-11-18)39(34,35)32-23-22(38-21-9-6-5-8-20(21)36-4)26(37-17-16-33)31-25(30-23)24-28-14-7-15-29-24/h5-15,33H,16-17H2,1-4H3,(H,30,31,32)/i4D3,16D2,17D2,33D/hD. The monoisotopic (exact) mass is 560 g/mol. The van der Waals surface area contributed by atoms with Gasteiger partial charge < -0.3 is 19.3 Å². The molecule has 0 aliphatic rings. The van der Waals surface area contributed by atoms with Gasteiger partial charge in [-0.05, 0) is 41.3 Å². The van der Waals surface area contributed by atoms with Crippen molar-refractivity contribution in [3.8, 4) is 34.8 Å². The first kappa shape index (κ1) is 18.1. The summed E-state index contributed by atoms with van der Waals surface area (Å²) < 4.78 is 114. The molecule has 4 rings (SSSR count). The van der Waals surface area contributed by atoms with Gasteiger partial charge in [0.15, 0.2) is 24.6 Å². The number of aromatic nitrogens is 4. The number of rotatable bonds is 11. The van der Waals surface area contributed by atoms with Gasteiger partial charge >= 0.3 is 0 Å². The lowest BCUT2D eigenvalue weighted by atomic mass is 9.87. The Balaban J connectivity index is 2.01. The van der Waals surface area contributed by atoms with Crippen LogP contribution in [-0.2, 0) is 15.4 Å². The molecule has 2 aromatic heterocycles. The summed E-state index contributed by atoms with van der Waals surface area (Å²) in [4.78, 5) is 15.9. The molecule has 204 valence electrons. The van der Waals surface area contributed by atoms with E-state index in [4.69, 9.17) is 26.6 Å². The summed E-state index contributed by atoms with van der Waals surface area (Å²) in [6.07, 6.45) is 2.58. The van der Waals surface area contributed by atoms with E-state index in [1.165, 1.54) is 54.9 Å². The van der Waals surface area contributed by atoms with Crippen LogP contribution in [0.1, 0.15) is 35.9 Å². The van der Waals surface area contributed by atoms with Gasteiger partial charge in [0, 0.05) is 12.4 Å². The fourth-order valence-corrected chi connectivity index (χ4v) is 4.18. The zero-order chi connectivity index (χ0) is 35.7. The third-order valence-corrected chi connectivity index (χ3v) is 6.45. The molecule has 2 N–H and O–H groups in total. The molecule has 0 aliphatic heterocycles. The molecule has 0 saturated heterocycles. The summed E-state index contributed by atoms with van der Waals surface area (Å²) in [7, 11) is -7.79. The topological polar surface area (TPSA) is 146 Å². The van der Waals surface area contributed by atoms with E-state index in [-0.39, 0.29) is 20.8 Å². The molecule has 0 radical (unpaired) electrons. The highest BCUT2D eigenvalue weighted by atomic mass is 32.2. The van der Waals surface area contributed by atoms with Crippen LogP contribution in [0, 0.1) is 0 Å². The molecule has 2 aromatic carbocycles. The Morgan fingerprint density at radius 3 is 2.41 bits per heavy atom. The number of sulfonamides is 1. The normalized spacial score (nSPS) is 16.0. The molecule has 39 heavy (non-hydrogen) atoms. The van der Waals surface area contributed by atoms with Gasteiger partial charge in [0.05, 0.1) is 28.1 Å². The number of hydrogen-bond donors (Lipinski definition) is 2. The maximum atomic E-state index is 13.9. The molecule has 0 spiro atoms. The van der Waals surface area contributed by atoms with Gasteiger partial charge in [0.25, 0.3) is 15.9 Å². The lowest BCUT2D eigenvalue weighted by Gasteiger charge is -2.20. The minimum absolute atomic E-state index is 0.0617. The third kappa shape index (κ3) is 6.59. The van der Waals surface area contributed by atoms with Crippen molar-refractivity contribution in [2.24, 2.45) is 0 Å². The van der Waals surface area contributed by atoms with E-state index < -0.39 is 65.0 Å². The lowest BCUT2D eigenvalue weighted by molar-refractivity contribution is 0.192. The molecule has 11 nitrogen and oxygen atoms in total. The Kier molecular flexibility index (Phi) is 5.39. The summed E-state index contributed by atoms with van der Waals surface area (Å²) in [6, 6.07) is 12.3. The number of para-hydroxylation sites is 2. The van der Waals surface area contributed by atoms with Crippen molar-refractivity contribution in [3.63, 3.8) is 0 Å². The summed E-state index contributed by atoms with van der Waals surface area (Å²) in [6.45, 7) is -1.19. The molecule has 0 bridgehead atoms. The van der Waals surface area contributed by atoms with Crippen LogP contribution in [-0.4, -0.2) is 55.0 Å². The number of ether oxygens (including phenoxy) is 3. The second-order valence-corrected chi connectivity index (χ2v) is 10.5. The molecule has 0 unspecified atom stereocenters. The Hall–Kier alpha value is -4.29. The fraction of sp³-hybridized carbons (Fsp3) is 0.259. The fourth-order valence-electron chi connectivity index (χ4n) is 3.24. The predicted octanol–water partition coefficient (Wildman–Crippen LogP) is 4.20. The second kappa shape index (κ2) is 11.6. The summed E-state index contributed by atoms with van der Waals surface area (Å²) >= 11 is 0. The molecule has 0 amide bonds. The summed E-state index contributed by atoms with van der Waals surface area (Å²) in [5.74, 6) is -4.37. The van der Waals surface area contributed by atoms with Crippen molar-refractivity contribution in [2.45, 2.75) is 31.1 Å². The van der Waals surface area contributed by atoms with Crippen molar-refractivity contribution in [1.29, 1.82) is 1.43 Å². The van der Waals surface area contributed by atoms with E-state index >= 15 is 0 Å². The van der Waals surface area contributed by atoms with Crippen LogP contribution in [0.3, 0.4) is 0 Å². The van der Waals surface area contributed by atoms with Crippen LogP contribution in [0.4, 0.5) is 5.82 Å². The van der Waals surface area contributed by atoms with Gasteiger partial charge in [-0.1, -0.05) is 45.0 Å². The molecular formula is C27H29N5O6S. The Morgan fingerprint density at radius 2 is 1.74 bits per heavy atom. The molecule has 4 aromatic rings. The molecule has 0 atom stereocenters. The van der Waals surface area contributed by atoms with Gasteiger partial charge in [0.2, 0.25) is 13.0 Å². The number of nitrogens with zero attached hydrogens (tertiary/aromatic N) is 4. The first-order chi connectivity index (χ1) is 22.2. The SMILES string of the molecule is [2H]OC([2H])([2H])C([2H])([2H])Oc1nc(-c2ncccn2)nc(N([2H])S(=O)(=O)c2ccc(C(C)(C)C)cc2)c1Oc1ccccc1OC([2H])([2H])[2H]. The van der Waals surface area contributed by atoms with Gasteiger partial charge in [-0.25, -0.2) is 23.4 Å². The van der Waals surface area contributed by atoms with Crippen LogP contribution >= 0.6 is 0 Å². The van der Waals surface area contributed by atoms with Crippen molar-refractivity contribution in [1.82, 2.24) is 19.9 Å². The summed E-state index contributed by atoms with van der Waals surface area (Å²) in [5.41, 5.74) is 0.465. The Labute approximate surface area is 239 Å². The van der Waals surface area contributed by atoms with Gasteiger partial charge in [0.1, 0.15) is 6.56 Å². The minimum Gasteiger partial charge on any atom is -0.493 e. The van der Waals surface area contributed by atoms with Crippen LogP contribution in [0.15, 0.2) is 71.9 Å². The van der Waals surface area contributed by atoms with Crippen molar-refractivity contribution < 1.29 is 38.7 Å². The number of hydrogen-bond acceptors (Lipinski definition) is 10. The average Bonchev–Trinajstić information content (AvgIpc) is 3.01. The van der Waals surface area contributed by atoms with E-state index in [2.05, 4.69) is 25.0 Å². The van der Waals surface area contributed by atoms with Crippen molar-refractivity contribution >= 4 is 15.8 Å². The Bertz CT molecular complexity index is 1860. The third-order valence-electron chi connectivity index (χ3n) is 5.17. The van der Waals surface area contributed by atoms with E-state index in [9.17, 15) is 8.42 Å². The van der Waals surface area contributed by atoms with Crippen molar-refractivity contribution in [3.05, 3.63) is 72.6 Å². The second-order valence-electron chi connectivity index (χ2n) is 8.88. The predicted molar refractivity (Wildman–Crippen MR) is 145 cm³/mol. The van der Waals surface area contributed by atoms with Crippen LogP contribution in [0.5, 0.6) is 23.1 Å². The number of anilines is 1. The van der Waals surface area contributed by atoms with Crippen LogP contribution < -0.4 is 18.9 Å². The molecule has 0 fully saturated rings. The van der Waals surface area contributed by atoms with E-state index in [0.717, 1.165) is 5.56 Å². The number of nitrogens with one attached hydrogen (secondary N) is 1. The van der Waals surface area contributed by atoms with Crippen LogP contribution in [0.25, 0.3) is 11.6 Å². The zero-order valence-electron chi connectivity index (χ0n) is 29.9. The first-order valence-electron chi connectivity index (χ1n) is 15.7. The maximum Gasteiger partial charge on any atom is 0.263 e. The number of benzene rings is 2. The molecule has 0 saturated carbocycles. The highest BCUT2D eigenvalue weighted by Crippen LogP contribution is 2.41. The van der Waals surface area contributed by atoms with Gasteiger partial charge in [-0.3, -0.25) is 4.72 Å². The van der Waals surface area contributed by atoms with E-state index in [1.54, 1.807) is 12.1 Å². The maximum absolute atomic E-state index is 13.9. The largest absolute Gasteiger partial charge is 0.493 e. The minimum atomic E-state index is -4.81. The summed E-state index contributed by atoms with van der Waals surface area (Å²) in [5, 5.41) is 3.89. The highest BCUT2D eigenvalue weighted by molar-refractivity contribution is 7.92. The number of methoxy groups -OCH3 is 1. The number of aliphatic hydroxyl groups is 1. The van der Waals surface area contributed by atoms with Crippen molar-refractivity contribution in [2.75, 3.05) is 24.9 Å².